The molecule has 112 valence electrons. The number of hydrogen-bond donors (Lipinski definition) is 1. The van der Waals surface area contributed by atoms with Gasteiger partial charge >= 0.3 is 0 Å². The Morgan fingerprint density at radius 1 is 1.35 bits per heavy atom. The third-order valence-electron chi connectivity index (χ3n) is 3.92. The van der Waals surface area contributed by atoms with Crippen LogP contribution in [-0.2, 0) is 10.0 Å². The summed E-state index contributed by atoms with van der Waals surface area (Å²) < 4.78 is 26.3. The lowest BCUT2D eigenvalue weighted by atomic mass is 10.2. The number of nitrogens with zero attached hydrogens (tertiary/aromatic N) is 2. The van der Waals surface area contributed by atoms with Crippen LogP contribution in [0.25, 0.3) is 0 Å². The van der Waals surface area contributed by atoms with E-state index in [-0.39, 0.29) is 10.6 Å². The van der Waals surface area contributed by atoms with Crippen molar-refractivity contribution in [3.05, 3.63) is 24.3 Å². The summed E-state index contributed by atoms with van der Waals surface area (Å²) >= 11 is 0. The van der Waals surface area contributed by atoms with Gasteiger partial charge < -0.3 is 5.11 Å². The summed E-state index contributed by atoms with van der Waals surface area (Å²) in [5, 5.41) is 9.24. The van der Waals surface area contributed by atoms with Crippen molar-refractivity contribution in [1.29, 1.82) is 0 Å². The first-order chi connectivity index (χ1) is 9.45. The molecule has 5 nitrogen and oxygen atoms in total. The largest absolute Gasteiger partial charge is 0.508 e. The molecule has 0 aliphatic carbocycles. The Balaban J connectivity index is 2.11. The number of aromatic hydroxyl groups is 1. The summed E-state index contributed by atoms with van der Waals surface area (Å²) in [5.41, 5.74) is 0. The van der Waals surface area contributed by atoms with Gasteiger partial charge in [0.1, 0.15) is 5.75 Å². The zero-order valence-electron chi connectivity index (χ0n) is 12.0. The first kappa shape index (κ1) is 15.3. The fourth-order valence-corrected chi connectivity index (χ4v) is 3.92. The molecule has 2 rings (SSSR count). The van der Waals surface area contributed by atoms with E-state index in [9.17, 15) is 13.5 Å². The number of likely N-dealkylation sites (N-methyl/N-ethyl adjacent to an activating group) is 2. The molecule has 1 atom stereocenters. The molecular weight excluding hydrogens is 276 g/mol. The average Bonchev–Trinajstić information content (AvgIpc) is 2.86. The van der Waals surface area contributed by atoms with Gasteiger partial charge in [0, 0.05) is 19.6 Å². The van der Waals surface area contributed by atoms with Crippen molar-refractivity contribution in [2.75, 3.05) is 26.7 Å². The molecule has 1 heterocycles. The molecule has 1 unspecified atom stereocenters. The third kappa shape index (κ3) is 3.13. The lowest BCUT2D eigenvalue weighted by Gasteiger charge is -2.27. The van der Waals surface area contributed by atoms with E-state index in [0.717, 1.165) is 25.9 Å². The fraction of sp³-hybridized carbons (Fsp3) is 0.571. The van der Waals surface area contributed by atoms with Gasteiger partial charge in [0.25, 0.3) is 0 Å². The molecular formula is C14H22N2O3S. The van der Waals surface area contributed by atoms with Crippen molar-refractivity contribution in [3.8, 4) is 5.75 Å². The standard InChI is InChI=1S/C14H22N2O3S/c1-3-16-10-4-5-12(16)11-15(2)20(18,19)14-8-6-13(17)7-9-14/h6-9,12,17H,3-5,10-11H2,1-2H3. The van der Waals surface area contributed by atoms with Crippen molar-refractivity contribution in [1.82, 2.24) is 9.21 Å². The summed E-state index contributed by atoms with van der Waals surface area (Å²) in [5.74, 6) is 0.0690. The molecule has 20 heavy (non-hydrogen) atoms. The first-order valence-electron chi connectivity index (χ1n) is 6.94. The highest BCUT2D eigenvalue weighted by atomic mass is 32.2. The number of rotatable bonds is 5. The molecule has 1 aliphatic heterocycles. The Labute approximate surface area is 120 Å². The van der Waals surface area contributed by atoms with Crippen LogP contribution in [-0.4, -0.2) is 55.5 Å². The number of phenolic OH excluding ortho intramolecular Hbond substituents is 1. The topological polar surface area (TPSA) is 60.9 Å². The highest BCUT2D eigenvalue weighted by Gasteiger charge is 2.29. The quantitative estimate of drug-likeness (QED) is 0.895. The van der Waals surface area contributed by atoms with Gasteiger partial charge in [0.2, 0.25) is 10.0 Å². The molecule has 0 amide bonds. The molecule has 1 saturated heterocycles. The highest BCUT2D eigenvalue weighted by molar-refractivity contribution is 7.89. The van der Waals surface area contributed by atoms with Gasteiger partial charge in [-0.2, -0.15) is 4.31 Å². The summed E-state index contributed by atoms with van der Waals surface area (Å²) in [7, 11) is -1.86. The van der Waals surface area contributed by atoms with Gasteiger partial charge in [-0.3, -0.25) is 4.90 Å². The smallest absolute Gasteiger partial charge is 0.242 e. The second-order valence-electron chi connectivity index (χ2n) is 5.20. The maximum Gasteiger partial charge on any atom is 0.242 e. The van der Waals surface area contributed by atoms with Gasteiger partial charge in [0.05, 0.1) is 4.90 Å². The minimum Gasteiger partial charge on any atom is -0.508 e. The normalized spacial score (nSPS) is 20.6. The molecule has 0 aromatic heterocycles. The molecule has 1 aromatic carbocycles. The summed E-state index contributed by atoms with van der Waals surface area (Å²) in [6, 6.07) is 5.97. The second-order valence-corrected chi connectivity index (χ2v) is 7.25. The van der Waals surface area contributed by atoms with Gasteiger partial charge in [-0.15, -0.1) is 0 Å². The van der Waals surface area contributed by atoms with Crippen LogP contribution in [0.3, 0.4) is 0 Å². The van der Waals surface area contributed by atoms with Crippen molar-refractivity contribution < 1.29 is 13.5 Å². The summed E-state index contributed by atoms with van der Waals surface area (Å²) in [6.45, 7) is 4.62. The number of likely N-dealkylation sites (tertiary alicyclic amines) is 1. The Morgan fingerprint density at radius 2 is 2.00 bits per heavy atom. The molecule has 1 fully saturated rings. The van der Waals surface area contributed by atoms with Gasteiger partial charge in [-0.05, 0) is 50.2 Å². The molecule has 0 spiro atoms. The van der Waals surface area contributed by atoms with Gasteiger partial charge in [-0.1, -0.05) is 6.92 Å². The zero-order chi connectivity index (χ0) is 14.8. The van der Waals surface area contributed by atoms with Crippen LogP contribution in [0.2, 0.25) is 0 Å². The van der Waals surface area contributed by atoms with Crippen molar-refractivity contribution in [3.63, 3.8) is 0 Å². The Bertz CT molecular complexity index is 542. The molecule has 0 bridgehead atoms. The minimum atomic E-state index is -3.48. The Hall–Kier alpha value is -1.11. The number of benzene rings is 1. The van der Waals surface area contributed by atoms with E-state index >= 15 is 0 Å². The van der Waals surface area contributed by atoms with Crippen LogP contribution in [0, 0.1) is 0 Å². The maximum absolute atomic E-state index is 12.5. The van der Waals surface area contributed by atoms with Crippen molar-refractivity contribution >= 4 is 10.0 Å². The van der Waals surface area contributed by atoms with E-state index in [2.05, 4.69) is 11.8 Å². The number of hydrogen-bond acceptors (Lipinski definition) is 4. The maximum atomic E-state index is 12.5. The second kappa shape index (κ2) is 6.11. The number of sulfonamides is 1. The van der Waals surface area contributed by atoms with Gasteiger partial charge in [0.15, 0.2) is 0 Å². The molecule has 6 heteroatoms. The molecule has 0 radical (unpaired) electrons. The molecule has 0 saturated carbocycles. The predicted molar refractivity (Wildman–Crippen MR) is 78.2 cm³/mol. The highest BCUT2D eigenvalue weighted by Crippen LogP contribution is 2.22. The van der Waals surface area contributed by atoms with Crippen LogP contribution in [0.4, 0.5) is 0 Å². The average molecular weight is 298 g/mol. The lowest BCUT2D eigenvalue weighted by Crippen LogP contribution is -2.41. The zero-order valence-corrected chi connectivity index (χ0v) is 12.8. The lowest BCUT2D eigenvalue weighted by molar-refractivity contribution is 0.237. The van der Waals surface area contributed by atoms with E-state index in [0.29, 0.717) is 12.6 Å². The minimum absolute atomic E-state index is 0.0690. The Kier molecular flexibility index (Phi) is 4.67. The van der Waals surface area contributed by atoms with Crippen LogP contribution in [0.5, 0.6) is 5.75 Å². The van der Waals surface area contributed by atoms with E-state index in [1.807, 2.05) is 0 Å². The predicted octanol–water partition coefficient (Wildman–Crippen LogP) is 1.50. The summed E-state index contributed by atoms with van der Waals surface area (Å²) in [4.78, 5) is 2.54. The number of phenols is 1. The fourth-order valence-electron chi connectivity index (χ4n) is 2.71. The van der Waals surface area contributed by atoms with E-state index in [1.54, 1.807) is 7.05 Å². The van der Waals surface area contributed by atoms with Crippen molar-refractivity contribution in [2.45, 2.75) is 30.7 Å². The first-order valence-corrected chi connectivity index (χ1v) is 8.38. The monoisotopic (exact) mass is 298 g/mol. The summed E-state index contributed by atoms with van der Waals surface area (Å²) in [6.07, 6.45) is 2.18. The molecule has 1 aliphatic rings. The molecule has 1 aromatic rings. The van der Waals surface area contributed by atoms with Crippen LogP contribution in [0.15, 0.2) is 29.2 Å². The van der Waals surface area contributed by atoms with Crippen LogP contribution in [0.1, 0.15) is 19.8 Å². The Morgan fingerprint density at radius 3 is 2.60 bits per heavy atom. The van der Waals surface area contributed by atoms with E-state index < -0.39 is 10.0 Å². The van der Waals surface area contributed by atoms with Crippen LogP contribution >= 0.6 is 0 Å². The van der Waals surface area contributed by atoms with Crippen LogP contribution < -0.4 is 0 Å². The van der Waals surface area contributed by atoms with E-state index in [1.165, 1.54) is 28.6 Å². The van der Waals surface area contributed by atoms with E-state index in [4.69, 9.17) is 0 Å². The third-order valence-corrected chi connectivity index (χ3v) is 5.76. The van der Waals surface area contributed by atoms with Crippen molar-refractivity contribution in [2.24, 2.45) is 0 Å². The van der Waals surface area contributed by atoms with Gasteiger partial charge in [-0.25, -0.2) is 8.42 Å². The molecule has 1 N–H and O–H groups in total. The SMILES string of the molecule is CCN1CCCC1CN(C)S(=O)(=O)c1ccc(O)cc1.